The summed E-state index contributed by atoms with van der Waals surface area (Å²) in [6.07, 6.45) is -0.192. The molecule has 8 heteroatoms. The number of carbonyl (C=O) groups excluding carboxylic acids is 2. The highest BCUT2D eigenvalue weighted by Crippen LogP contribution is 2.43. The molecule has 0 radical (unpaired) electrons. The van der Waals surface area contributed by atoms with Crippen LogP contribution in [0.2, 0.25) is 0 Å². The van der Waals surface area contributed by atoms with Gasteiger partial charge in [0.15, 0.2) is 24.3 Å². The largest absolute Gasteiger partial charge is 0.497 e. The van der Waals surface area contributed by atoms with Crippen molar-refractivity contribution in [3.05, 3.63) is 35.9 Å². The van der Waals surface area contributed by atoms with E-state index in [4.69, 9.17) is 28.4 Å². The number of benzene rings is 1. The number of rotatable bonds is 5. The van der Waals surface area contributed by atoms with Crippen LogP contribution in [0.25, 0.3) is 6.08 Å². The monoisotopic (exact) mass is 390 g/mol. The zero-order valence-corrected chi connectivity index (χ0v) is 15.8. The molecule has 150 valence electrons. The number of methoxy groups -OCH3 is 1. The van der Waals surface area contributed by atoms with Crippen molar-refractivity contribution in [3.63, 3.8) is 0 Å². The van der Waals surface area contributed by atoms with Crippen molar-refractivity contribution in [3.8, 4) is 5.75 Å². The number of hydrogen-bond donors (Lipinski definition) is 0. The third-order valence-corrected chi connectivity index (χ3v) is 4.78. The van der Waals surface area contributed by atoms with Gasteiger partial charge in [-0.05, 0) is 31.5 Å². The van der Waals surface area contributed by atoms with Crippen molar-refractivity contribution < 1.29 is 38.0 Å². The Kier molecular flexibility index (Phi) is 4.86. The van der Waals surface area contributed by atoms with Gasteiger partial charge in [-0.2, -0.15) is 0 Å². The molecule has 5 unspecified atom stereocenters. The van der Waals surface area contributed by atoms with Crippen LogP contribution < -0.4 is 4.74 Å². The summed E-state index contributed by atoms with van der Waals surface area (Å²) in [6.45, 7) is 3.51. The molecule has 1 aromatic carbocycles. The highest BCUT2D eigenvalue weighted by molar-refractivity contribution is 5.83. The summed E-state index contributed by atoms with van der Waals surface area (Å²) in [6, 6.07) is 7.39. The first kappa shape index (κ1) is 18.9. The Bertz CT molecular complexity index is 784. The van der Waals surface area contributed by atoms with Crippen LogP contribution in [0.15, 0.2) is 30.3 Å². The van der Waals surface area contributed by atoms with Crippen LogP contribution in [0.3, 0.4) is 0 Å². The van der Waals surface area contributed by atoms with Crippen LogP contribution >= 0.6 is 0 Å². The van der Waals surface area contributed by atoms with E-state index in [-0.39, 0.29) is 6.42 Å². The summed E-state index contributed by atoms with van der Waals surface area (Å²) in [4.78, 5) is 24.3. The number of ether oxygens (including phenoxy) is 6. The molecule has 0 aliphatic carbocycles. The van der Waals surface area contributed by atoms with Gasteiger partial charge >= 0.3 is 11.9 Å². The van der Waals surface area contributed by atoms with Gasteiger partial charge in [-0.1, -0.05) is 24.3 Å². The van der Waals surface area contributed by atoms with E-state index >= 15 is 0 Å². The lowest BCUT2D eigenvalue weighted by molar-refractivity contribution is -0.216. The topological polar surface area (TPSA) is 89.5 Å². The molecule has 4 rings (SSSR count). The third-order valence-electron chi connectivity index (χ3n) is 4.78. The third kappa shape index (κ3) is 3.63. The minimum atomic E-state index is -1.12. The molecule has 0 N–H and O–H groups in total. The molecular formula is C20H22O8. The van der Waals surface area contributed by atoms with E-state index in [1.807, 2.05) is 24.3 Å². The summed E-state index contributed by atoms with van der Waals surface area (Å²) in [5.41, 5.74) is 0.915. The van der Waals surface area contributed by atoms with Crippen LogP contribution in [0.5, 0.6) is 5.75 Å². The van der Waals surface area contributed by atoms with Crippen LogP contribution in [-0.2, 0) is 33.3 Å². The molecule has 0 bridgehead atoms. The molecule has 3 aliphatic rings. The molecule has 0 amide bonds. The van der Waals surface area contributed by atoms with Gasteiger partial charge in [0.1, 0.15) is 11.9 Å². The van der Waals surface area contributed by atoms with E-state index in [0.29, 0.717) is 0 Å². The Morgan fingerprint density at radius 3 is 2.61 bits per heavy atom. The van der Waals surface area contributed by atoms with Gasteiger partial charge in [0.05, 0.1) is 13.5 Å². The summed E-state index contributed by atoms with van der Waals surface area (Å²) >= 11 is 0. The minimum Gasteiger partial charge on any atom is -0.497 e. The van der Waals surface area contributed by atoms with Crippen molar-refractivity contribution >= 4 is 18.0 Å². The number of hydrogen-bond acceptors (Lipinski definition) is 8. The molecular weight excluding hydrogens is 368 g/mol. The zero-order chi connectivity index (χ0) is 19.9. The SMILES string of the molecule is COc1ccc(/C=C/CC(=O)OC2C(=O)OC3C4OC(C)(C)OC4OC23)cc1. The Balaban J connectivity index is 1.32. The Labute approximate surface area is 162 Å². The number of esters is 2. The van der Waals surface area contributed by atoms with E-state index < -0.39 is 48.4 Å². The summed E-state index contributed by atoms with van der Waals surface area (Å²) in [5.74, 6) is -1.23. The fraction of sp³-hybridized carbons (Fsp3) is 0.500. The van der Waals surface area contributed by atoms with Crippen LogP contribution in [0, 0.1) is 0 Å². The highest BCUT2D eigenvalue weighted by Gasteiger charge is 2.64. The quantitative estimate of drug-likeness (QED) is 0.704. The average Bonchev–Trinajstić information content (AvgIpc) is 3.23. The van der Waals surface area contributed by atoms with Crippen molar-refractivity contribution in [1.29, 1.82) is 0 Å². The van der Waals surface area contributed by atoms with Crippen molar-refractivity contribution in [2.75, 3.05) is 7.11 Å². The predicted molar refractivity (Wildman–Crippen MR) is 95.1 cm³/mol. The van der Waals surface area contributed by atoms with Gasteiger partial charge in [0.25, 0.3) is 0 Å². The standard InChI is InChI=1S/C20H22O8/c1-20(2)27-17-15-14(26-19(17)28-20)16(18(22)25-15)24-13(21)6-4-5-11-7-9-12(23-3)10-8-11/h4-5,7-10,14-17,19H,6H2,1-3H3/b5-4+. The van der Waals surface area contributed by atoms with Gasteiger partial charge in [-0.25, -0.2) is 4.79 Å². The van der Waals surface area contributed by atoms with Crippen molar-refractivity contribution in [2.24, 2.45) is 0 Å². The van der Waals surface area contributed by atoms with Crippen molar-refractivity contribution in [2.45, 2.75) is 56.8 Å². The molecule has 3 fully saturated rings. The number of fused-ring (bicyclic) bond motifs is 3. The fourth-order valence-electron chi connectivity index (χ4n) is 3.53. The minimum absolute atomic E-state index is 0.0140. The maximum Gasteiger partial charge on any atom is 0.350 e. The second-order valence-electron chi connectivity index (χ2n) is 7.26. The Morgan fingerprint density at radius 2 is 1.89 bits per heavy atom. The maximum absolute atomic E-state index is 12.2. The lowest BCUT2D eigenvalue weighted by atomic mass is 10.1. The van der Waals surface area contributed by atoms with E-state index in [2.05, 4.69) is 0 Å². The molecule has 0 spiro atoms. The fourth-order valence-corrected chi connectivity index (χ4v) is 3.53. The lowest BCUT2D eigenvalue weighted by Crippen LogP contribution is -2.37. The molecule has 3 heterocycles. The van der Waals surface area contributed by atoms with Gasteiger partial charge in [-0.15, -0.1) is 0 Å². The normalized spacial score (nSPS) is 32.8. The lowest BCUT2D eigenvalue weighted by Gasteiger charge is -2.21. The average molecular weight is 390 g/mol. The molecule has 3 aliphatic heterocycles. The summed E-state index contributed by atoms with van der Waals surface area (Å²) in [7, 11) is 1.60. The van der Waals surface area contributed by atoms with Crippen LogP contribution in [-0.4, -0.2) is 55.5 Å². The molecule has 3 saturated heterocycles. The maximum atomic E-state index is 12.2. The molecule has 0 aromatic heterocycles. The first-order valence-corrected chi connectivity index (χ1v) is 9.08. The van der Waals surface area contributed by atoms with Gasteiger partial charge in [0, 0.05) is 0 Å². The van der Waals surface area contributed by atoms with Gasteiger partial charge < -0.3 is 28.4 Å². The second kappa shape index (κ2) is 7.20. The zero-order valence-electron chi connectivity index (χ0n) is 15.8. The van der Waals surface area contributed by atoms with Gasteiger partial charge in [0.2, 0.25) is 6.10 Å². The van der Waals surface area contributed by atoms with Crippen molar-refractivity contribution in [1.82, 2.24) is 0 Å². The first-order chi connectivity index (χ1) is 13.4. The van der Waals surface area contributed by atoms with E-state index in [9.17, 15) is 9.59 Å². The Hall–Kier alpha value is -2.42. The summed E-state index contributed by atoms with van der Waals surface area (Å²) in [5, 5.41) is 0. The van der Waals surface area contributed by atoms with Gasteiger partial charge in [-0.3, -0.25) is 4.79 Å². The van der Waals surface area contributed by atoms with Crippen LogP contribution in [0.4, 0.5) is 0 Å². The van der Waals surface area contributed by atoms with E-state index in [1.54, 1.807) is 33.1 Å². The first-order valence-electron chi connectivity index (χ1n) is 9.08. The molecule has 8 nitrogen and oxygen atoms in total. The Morgan fingerprint density at radius 1 is 1.14 bits per heavy atom. The number of carbonyl (C=O) groups is 2. The smallest absolute Gasteiger partial charge is 0.350 e. The predicted octanol–water partition coefficient (Wildman–Crippen LogP) is 1.81. The molecule has 1 aromatic rings. The van der Waals surface area contributed by atoms with E-state index in [1.165, 1.54) is 0 Å². The second-order valence-corrected chi connectivity index (χ2v) is 7.26. The molecule has 0 saturated carbocycles. The van der Waals surface area contributed by atoms with E-state index in [0.717, 1.165) is 11.3 Å². The molecule has 28 heavy (non-hydrogen) atoms. The van der Waals surface area contributed by atoms with Crippen LogP contribution in [0.1, 0.15) is 25.8 Å². The molecule has 5 atom stereocenters. The summed E-state index contributed by atoms with van der Waals surface area (Å²) < 4.78 is 32.8. The highest BCUT2D eigenvalue weighted by atomic mass is 16.8.